The molecular weight excluding hydrogens is 146 g/mol. The van der Waals surface area contributed by atoms with Gasteiger partial charge >= 0.3 is 0 Å². The molecule has 1 rings (SSSR count). The Kier molecular flexibility index (Phi) is 2.71. The minimum atomic E-state index is 0.592. The lowest BCUT2D eigenvalue weighted by Crippen LogP contribution is -2.39. The summed E-state index contributed by atoms with van der Waals surface area (Å²) in [5.74, 6) is 0. The van der Waals surface area contributed by atoms with Gasteiger partial charge in [-0.15, -0.1) is 5.01 Å². The van der Waals surface area contributed by atoms with Crippen LogP contribution in [0.25, 0.3) is 0 Å². The molecule has 5 heteroatoms. The average molecular weight is 158 g/mol. The molecule has 0 aliphatic carbocycles. The van der Waals surface area contributed by atoms with Crippen molar-refractivity contribution in [2.24, 2.45) is 0 Å². The van der Waals surface area contributed by atoms with Gasteiger partial charge in [-0.1, -0.05) is 6.58 Å². The van der Waals surface area contributed by atoms with Crippen LogP contribution in [0, 0.1) is 4.91 Å². The standard InChI is InChI=1S/C6H12N3O2/c1-2-11-7-9(10)8-5-3-4-6-8/h2H,1,3-6H2,(H,7,10)/q+1. The minimum Gasteiger partial charge on any atom is -0.338 e. The Balaban J connectivity index is 2.22. The van der Waals surface area contributed by atoms with Crippen molar-refractivity contribution < 1.29 is 9.82 Å². The molecule has 1 heterocycles. The molecule has 0 aromatic carbocycles. The van der Waals surface area contributed by atoms with Crippen molar-refractivity contribution >= 4 is 0 Å². The van der Waals surface area contributed by atoms with Gasteiger partial charge in [-0.2, -0.15) is 0 Å². The van der Waals surface area contributed by atoms with Gasteiger partial charge in [0.05, 0.1) is 23.6 Å². The van der Waals surface area contributed by atoms with Gasteiger partial charge in [-0.3, -0.25) is 0 Å². The molecule has 0 radical (unpaired) electrons. The molecule has 1 saturated heterocycles. The summed E-state index contributed by atoms with van der Waals surface area (Å²) in [5, 5.41) is 1.63. The van der Waals surface area contributed by atoms with Crippen molar-refractivity contribution in [3.8, 4) is 0 Å². The van der Waals surface area contributed by atoms with Crippen LogP contribution >= 0.6 is 0 Å². The summed E-state index contributed by atoms with van der Waals surface area (Å²) in [7, 11) is 0. The van der Waals surface area contributed by atoms with Crippen LogP contribution in [-0.2, 0) is 4.84 Å². The Hall–Kier alpha value is -1.26. The second kappa shape index (κ2) is 3.80. The molecule has 0 aromatic rings. The maximum atomic E-state index is 11.0. The molecule has 0 bridgehead atoms. The molecular formula is C6H12N3O2+. The lowest BCUT2D eigenvalue weighted by Gasteiger charge is -2.03. The molecule has 0 aromatic heterocycles. The van der Waals surface area contributed by atoms with Crippen LogP contribution in [0.15, 0.2) is 12.8 Å². The summed E-state index contributed by atoms with van der Waals surface area (Å²) in [4.78, 5) is 16.0. The predicted octanol–water partition coefficient (Wildman–Crippen LogP) is 0.356. The van der Waals surface area contributed by atoms with Crippen LogP contribution in [0.1, 0.15) is 12.8 Å². The van der Waals surface area contributed by atoms with Gasteiger partial charge in [-0.25, -0.2) is 0 Å². The number of hydrogen-bond acceptors (Lipinski definition) is 2. The van der Waals surface area contributed by atoms with Crippen molar-refractivity contribution in [1.82, 2.24) is 10.6 Å². The number of rotatable bonds is 4. The fraction of sp³-hybridized carbons (Fsp3) is 0.667. The lowest BCUT2D eigenvalue weighted by molar-refractivity contribution is -0.782. The van der Waals surface area contributed by atoms with Crippen molar-refractivity contribution in [3.05, 3.63) is 17.7 Å². The van der Waals surface area contributed by atoms with E-state index in [1.54, 1.807) is 5.01 Å². The summed E-state index contributed by atoms with van der Waals surface area (Å²) >= 11 is 0. The number of nitrogens with zero attached hydrogens (tertiary/aromatic N) is 2. The highest BCUT2D eigenvalue weighted by Gasteiger charge is 2.24. The van der Waals surface area contributed by atoms with E-state index in [1.165, 1.54) is 6.26 Å². The quantitative estimate of drug-likeness (QED) is 0.364. The first-order valence-electron chi connectivity index (χ1n) is 3.59. The van der Waals surface area contributed by atoms with E-state index in [2.05, 4.69) is 17.0 Å². The highest BCUT2D eigenvalue weighted by Crippen LogP contribution is 2.05. The van der Waals surface area contributed by atoms with E-state index in [-0.39, 0.29) is 0 Å². The fourth-order valence-corrected chi connectivity index (χ4v) is 1.02. The third kappa shape index (κ3) is 2.10. The van der Waals surface area contributed by atoms with E-state index >= 15 is 0 Å². The summed E-state index contributed by atoms with van der Waals surface area (Å²) in [6.45, 7) is 4.87. The highest BCUT2D eigenvalue weighted by atomic mass is 16.7. The first kappa shape index (κ1) is 7.84. The zero-order valence-corrected chi connectivity index (χ0v) is 6.32. The summed E-state index contributed by atoms with van der Waals surface area (Å²) in [5.41, 5.74) is 2.16. The van der Waals surface area contributed by atoms with Crippen molar-refractivity contribution in [2.75, 3.05) is 13.1 Å². The Labute approximate surface area is 65.1 Å². The smallest absolute Gasteiger partial charge is 0.284 e. The molecule has 1 N–H and O–H groups in total. The Morgan fingerprint density at radius 1 is 1.55 bits per heavy atom. The number of nitrogens with one attached hydrogen (secondary N) is 1. The van der Waals surface area contributed by atoms with Crippen molar-refractivity contribution in [1.29, 1.82) is 0 Å². The molecule has 1 fully saturated rings. The van der Waals surface area contributed by atoms with Crippen LogP contribution in [0.5, 0.6) is 0 Å². The van der Waals surface area contributed by atoms with Gasteiger partial charge in [-0.05, 0) is 12.8 Å². The topological polar surface area (TPSA) is 44.6 Å². The minimum absolute atomic E-state index is 0.592. The molecule has 1 aliphatic rings. The van der Waals surface area contributed by atoms with Crippen LogP contribution < -0.4 is 5.59 Å². The largest absolute Gasteiger partial charge is 0.338 e. The number of hydrogen-bond donors (Lipinski definition) is 1. The van der Waals surface area contributed by atoms with E-state index in [4.69, 9.17) is 0 Å². The zero-order chi connectivity index (χ0) is 8.10. The van der Waals surface area contributed by atoms with Crippen LogP contribution in [0.2, 0.25) is 0 Å². The first-order valence-corrected chi connectivity index (χ1v) is 3.59. The summed E-state index contributed by atoms with van der Waals surface area (Å²) < 4.78 is 0. The van der Waals surface area contributed by atoms with Gasteiger partial charge in [0.25, 0.3) is 4.98 Å². The average Bonchev–Trinajstić information content (AvgIpc) is 2.52. The monoisotopic (exact) mass is 158 g/mol. The van der Waals surface area contributed by atoms with Gasteiger partial charge in [0.1, 0.15) is 6.26 Å². The SMILES string of the molecule is C=CON[N+](=O)N1CCCC1. The lowest BCUT2D eigenvalue weighted by atomic mass is 10.4. The molecule has 0 spiro atoms. The molecule has 0 saturated carbocycles. The fourth-order valence-electron chi connectivity index (χ4n) is 1.02. The van der Waals surface area contributed by atoms with Crippen LogP contribution in [0.4, 0.5) is 0 Å². The zero-order valence-electron chi connectivity index (χ0n) is 6.32. The maximum Gasteiger partial charge on any atom is 0.284 e. The van der Waals surface area contributed by atoms with Gasteiger partial charge < -0.3 is 4.84 Å². The Morgan fingerprint density at radius 3 is 2.73 bits per heavy atom. The van der Waals surface area contributed by atoms with Gasteiger partial charge in [0.15, 0.2) is 0 Å². The molecule has 11 heavy (non-hydrogen) atoms. The third-order valence-corrected chi connectivity index (χ3v) is 1.55. The normalized spacial score (nSPS) is 16.2. The van der Waals surface area contributed by atoms with E-state index in [0.717, 1.165) is 25.9 Å². The Morgan fingerprint density at radius 2 is 2.18 bits per heavy atom. The van der Waals surface area contributed by atoms with Crippen molar-refractivity contribution in [3.63, 3.8) is 0 Å². The third-order valence-electron chi connectivity index (χ3n) is 1.55. The van der Waals surface area contributed by atoms with Gasteiger partial charge in [0.2, 0.25) is 0 Å². The van der Waals surface area contributed by atoms with Crippen molar-refractivity contribution in [2.45, 2.75) is 12.8 Å². The molecule has 5 nitrogen and oxygen atoms in total. The molecule has 0 amide bonds. The molecule has 0 atom stereocenters. The van der Waals surface area contributed by atoms with E-state index in [9.17, 15) is 4.91 Å². The Bertz CT molecular complexity index is 154. The van der Waals surface area contributed by atoms with Gasteiger partial charge in [0, 0.05) is 0 Å². The number of hydrazine groups is 2. The van der Waals surface area contributed by atoms with Crippen LogP contribution in [0.3, 0.4) is 0 Å². The highest BCUT2D eigenvalue weighted by molar-refractivity contribution is 4.55. The second-order valence-electron chi connectivity index (χ2n) is 2.31. The molecule has 1 aliphatic heterocycles. The van der Waals surface area contributed by atoms with E-state index in [1.807, 2.05) is 0 Å². The summed E-state index contributed by atoms with van der Waals surface area (Å²) in [6.07, 6.45) is 3.30. The predicted molar refractivity (Wildman–Crippen MR) is 38.9 cm³/mol. The maximum absolute atomic E-state index is 11.0. The van der Waals surface area contributed by atoms with E-state index < -0.39 is 0 Å². The first-order chi connectivity index (χ1) is 5.34. The van der Waals surface area contributed by atoms with Crippen LogP contribution in [-0.4, -0.2) is 23.1 Å². The second-order valence-corrected chi connectivity index (χ2v) is 2.31. The van der Waals surface area contributed by atoms with E-state index in [0.29, 0.717) is 4.98 Å². The molecule has 0 unspecified atom stereocenters. The number of nitroso groups, excluding NO2 is 1. The summed E-state index contributed by atoms with van der Waals surface area (Å²) in [6, 6.07) is 0. The molecule has 62 valence electrons.